The predicted molar refractivity (Wildman–Crippen MR) is 98.3 cm³/mol. The molecule has 1 atom stereocenters. The van der Waals surface area contributed by atoms with Crippen molar-refractivity contribution in [3.8, 4) is 0 Å². The van der Waals surface area contributed by atoms with Crippen LogP contribution in [0.15, 0.2) is 24.3 Å². The second kappa shape index (κ2) is 8.47. The topological polar surface area (TPSA) is 55.6 Å². The van der Waals surface area contributed by atoms with Crippen molar-refractivity contribution in [1.82, 2.24) is 4.90 Å². The summed E-state index contributed by atoms with van der Waals surface area (Å²) < 4.78 is 18.8. The molecule has 2 heterocycles. The van der Waals surface area contributed by atoms with Crippen LogP contribution in [-0.2, 0) is 14.9 Å². The molecule has 0 aliphatic carbocycles. The molecule has 0 spiro atoms. The van der Waals surface area contributed by atoms with Crippen LogP contribution in [0.5, 0.6) is 0 Å². The van der Waals surface area contributed by atoms with E-state index in [0.717, 1.165) is 31.5 Å². The van der Waals surface area contributed by atoms with Gasteiger partial charge < -0.3 is 15.4 Å². The smallest absolute Gasteiger partial charge is 0.233 e. The average molecular weight is 371 g/mol. The maximum atomic E-state index is 13.4. The molecular formula is C19H28ClFN2O2. The monoisotopic (exact) mass is 370 g/mol. The zero-order valence-corrected chi connectivity index (χ0v) is 15.6. The molecule has 1 aromatic carbocycles. The van der Waals surface area contributed by atoms with Gasteiger partial charge >= 0.3 is 0 Å². The number of piperidine rings is 1. The maximum absolute atomic E-state index is 13.4. The highest BCUT2D eigenvalue weighted by Gasteiger charge is 2.44. The number of amides is 1. The lowest BCUT2D eigenvalue weighted by atomic mass is 9.72. The molecule has 0 bridgehead atoms. The largest absolute Gasteiger partial charge is 0.381 e. The van der Waals surface area contributed by atoms with Crippen LogP contribution in [0, 0.1) is 11.7 Å². The number of carbonyl (C=O) groups is 1. The summed E-state index contributed by atoms with van der Waals surface area (Å²) in [4.78, 5) is 15.4. The summed E-state index contributed by atoms with van der Waals surface area (Å²) >= 11 is 0. The van der Waals surface area contributed by atoms with E-state index in [1.54, 1.807) is 12.1 Å². The molecular weight excluding hydrogens is 343 g/mol. The summed E-state index contributed by atoms with van der Waals surface area (Å²) in [5.41, 5.74) is 6.34. The molecule has 140 valence electrons. The van der Waals surface area contributed by atoms with Crippen molar-refractivity contribution in [2.45, 2.75) is 44.1 Å². The molecule has 2 aliphatic rings. The predicted octanol–water partition coefficient (Wildman–Crippen LogP) is 2.88. The average Bonchev–Trinajstić information content (AvgIpc) is 2.62. The van der Waals surface area contributed by atoms with E-state index in [1.165, 1.54) is 12.1 Å². The van der Waals surface area contributed by atoms with Gasteiger partial charge in [0.05, 0.1) is 5.41 Å². The molecule has 1 amide bonds. The summed E-state index contributed by atoms with van der Waals surface area (Å²) in [5, 5.41) is 0. The summed E-state index contributed by atoms with van der Waals surface area (Å²) in [6.07, 6.45) is 3.23. The van der Waals surface area contributed by atoms with Crippen molar-refractivity contribution in [2.75, 3.05) is 26.3 Å². The molecule has 1 aromatic rings. The molecule has 0 saturated carbocycles. The van der Waals surface area contributed by atoms with E-state index in [1.807, 2.05) is 11.8 Å². The van der Waals surface area contributed by atoms with Gasteiger partial charge in [-0.3, -0.25) is 4.79 Å². The van der Waals surface area contributed by atoms with Crippen molar-refractivity contribution >= 4 is 18.3 Å². The van der Waals surface area contributed by atoms with Gasteiger partial charge in [-0.05, 0) is 56.2 Å². The van der Waals surface area contributed by atoms with Gasteiger partial charge in [-0.2, -0.15) is 0 Å². The highest BCUT2D eigenvalue weighted by Crippen LogP contribution is 2.38. The fourth-order valence-electron chi connectivity index (χ4n) is 4.05. The maximum Gasteiger partial charge on any atom is 0.233 e. The molecule has 2 N–H and O–H groups in total. The number of likely N-dealkylation sites (tertiary alicyclic amines) is 1. The number of halogens is 2. The highest BCUT2D eigenvalue weighted by molar-refractivity contribution is 5.88. The summed E-state index contributed by atoms with van der Waals surface area (Å²) in [6, 6.07) is 6.58. The first-order chi connectivity index (χ1) is 11.5. The van der Waals surface area contributed by atoms with Gasteiger partial charge in [0.1, 0.15) is 5.82 Å². The Morgan fingerprint density at radius 3 is 2.32 bits per heavy atom. The number of ether oxygens (including phenoxy) is 1. The number of carbonyl (C=O) groups excluding carboxylic acids is 1. The fraction of sp³-hybridized carbons (Fsp3) is 0.632. The Labute approximate surface area is 155 Å². The second-order valence-electron chi connectivity index (χ2n) is 7.19. The normalized spacial score (nSPS) is 22.1. The van der Waals surface area contributed by atoms with Crippen LogP contribution >= 0.6 is 12.4 Å². The molecule has 2 aliphatic heterocycles. The minimum absolute atomic E-state index is 0. The van der Waals surface area contributed by atoms with Crippen LogP contribution in [0.2, 0.25) is 0 Å². The zero-order chi connectivity index (χ0) is 17.2. The minimum Gasteiger partial charge on any atom is -0.381 e. The van der Waals surface area contributed by atoms with Crippen molar-refractivity contribution in [3.63, 3.8) is 0 Å². The first-order valence-corrected chi connectivity index (χ1v) is 8.92. The van der Waals surface area contributed by atoms with Gasteiger partial charge in [0.15, 0.2) is 0 Å². The quantitative estimate of drug-likeness (QED) is 0.890. The van der Waals surface area contributed by atoms with Gasteiger partial charge in [0, 0.05) is 32.3 Å². The van der Waals surface area contributed by atoms with E-state index < -0.39 is 5.41 Å². The third-order valence-corrected chi connectivity index (χ3v) is 5.72. The van der Waals surface area contributed by atoms with Gasteiger partial charge in [-0.15, -0.1) is 12.4 Å². The van der Waals surface area contributed by atoms with Gasteiger partial charge in [0.25, 0.3) is 0 Å². The molecule has 6 heteroatoms. The lowest BCUT2D eigenvalue weighted by molar-refractivity contribution is -0.143. The molecule has 3 rings (SSSR count). The summed E-state index contributed by atoms with van der Waals surface area (Å²) in [5.74, 6) is 0.386. The van der Waals surface area contributed by atoms with Crippen LogP contribution in [0.4, 0.5) is 4.39 Å². The Morgan fingerprint density at radius 1 is 1.24 bits per heavy atom. The summed E-state index contributed by atoms with van der Waals surface area (Å²) in [7, 11) is 0. The number of hydrogen-bond acceptors (Lipinski definition) is 3. The summed E-state index contributed by atoms with van der Waals surface area (Å²) in [6.45, 7) is 4.70. The van der Waals surface area contributed by atoms with E-state index in [9.17, 15) is 9.18 Å². The Bertz CT molecular complexity index is 565. The number of rotatable bonds is 3. The number of benzene rings is 1. The first-order valence-electron chi connectivity index (χ1n) is 8.92. The van der Waals surface area contributed by atoms with Gasteiger partial charge in [-0.1, -0.05) is 12.1 Å². The molecule has 0 aromatic heterocycles. The Kier molecular flexibility index (Phi) is 6.83. The van der Waals surface area contributed by atoms with Gasteiger partial charge in [0.2, 0.25) is 5.91 Å². The molecule has 25 heavy (non-hydrogen) atoms. The van der Waals surface area contributed by atoms with Crippen LogP contribution < -0.4 is 5.73 Å². The number of nitrogens with zero attached hydrogens (tertiary/aromatic N) is 1. The van der Waals surface area contributed by atoms with Crippen molar-refractivity contribution in [2.24, 2.45) is 11.7 Å². The third kappa shape index (κ3) is 4.15. The molecule has 1 unspecified atom stereocenters. The molecule has 0 radical (unpaired) electrons. The lowest BCUT2D eigenvalue weighted by Crippen LogP contribution is -2.52. The van der Waals surface area contributed by atoms with E-state index in [4.69, 9.17) is 10.5 Å². The second-order valence-corrected chi connectivity index (χ2v) is 7.19. The number of hydrogen-bond donors (Lipinski definition) is 1. The standard InChI is InChI=1S/C19H27FN2O2.ClH/c1-14(21)15-6-10-22(11-7-15)18(23)19(8-12-24-13-9-19)16-2-4-17(20)5-3-16;/h2-5,14-15H,6-13,21H2,1H3;1H. The van der Waals surface area contributed by atoms with Crippen molar-refractivity contribution < 1.29 is 13.9 Å². The number of nitrogens with two attached hydrogens (primary N) is 1. The van der Waals surface area contributed by atoms with Crippen LogP contribution in [0.3, 0.4) is 0 Å². The highest BCUT2D eigenvalue weighted by atomic mass is 35.5. The van der Waals surface area contributed by atoms with Crippen molar-refractivity contribution in [3.05, 3.63) is 35.6 Å². The Balaban J connectivity index is 0.00000225. The minimum atomic E-state index is -0.576. The van der Waals surface area contributed by atoms with Gasteiger partial charge in [-0.25, -0.2) is 4.39 Å². The van der Waals surface area contributed by atoms with Crippen molar-refractivity contribution in [1.29, 1.82) is 0 Å². The SMILES string of the molecule is CC(N)C1CCN(C(=O)C2(c3ccc(F)cc3)CCOCC2)CC1.Cl. The Morgan fingerprint density at radius 2 is 1.80 bits per heavy atom. The Hall–Kier alpha value is -1.17. The molecule has 2 fully saturated rings. The first kappa shape index (κ1) is 20.1. The third-order valence-electron chi connectivity index (χ3n) is 5.72. The zero-order valence-electron chi connectivity index (χ0n) is 14.7. The van der Waals surface area contributed by atoms with E-state index in [-0.39, 0.29) is 30.2 Å². The van der Waals surface area contributed by atoms with Crippen LogP contribution in [0.1, 0.15) is 38.2 Å². The van der Waals surface area contributed by atoms with E-state index in [0.29, 0.717) is 32.0 Å². The van der Waals surface area contributed by atoms with E-state index >= 15 is 0 Å². The molecule has 2 saturated heterocycles. The molecule has 4 nitrogen and oxygen atoms in total. The van der Waals surface area contributed by atoms with E-state index in [2.05, 4.69) is 0 Å². The van der Waals surface area contributed by atoms with Crippen LogP contribution in [0.25, 0.3) is 0 Å². The lowest BCUT2D eigenvalue weighted by Gasteiger charge is -2.43. The fourth-order valence-corrected chi connectivity index (χ4v) is 4.05. The van der Waals surface area contributed by atoms with Crippen LogP contribution in [-0.4, -0.2) is 43.2 Å².